The third-order valence-corrected chi connectivity index (χ3v) is 3.30. The Hall–Kier alpha value is -1.59. The van der Waals surface area contributed by atoms with Gasteiger partial charge in [-0.15, -0.1) is 0 Å². The first kappa shape index (κ1) is 15.5. The maximum atomic E-state index is 12.6. The highest BCUT2D eigenvalue weighted by molar-refractivity contribution is 5.99. The van der Waals surface area contributed by atoms with Crippen molar-refractivity contribution in [3.8, 4) is 0 Å². The molecule has 0 aliphatic rings. The van der Waals surface area contributed by atoms with E-state index in [1.54, 1.807) is 23.1 Å². The number of carbonyl (C=O) groups is 1. The van der Waals surface area contributed by atoms with Crippen LogP contribution in [-0.4, -0.2) is 35.1 Å². The number of nitrogens with two attached hydrogens (primary N) is 1. The van der Waals surface area contributed by atoms with Crippen molar-refractivity contribution < 1.29 is 9.90 Å². The molecule has 0 saturated heterocycles. The van der Waals surface area contributed by atoms with Crippen molar-refractivity contribution >= 4 is 11.6 Å². The van der Waals surface area contributed by atoms with Crippen molar-refractivity contribution in [3.05, 3.63) is 29.8 Å². The van der Waals surface area contributed by atoms with Gasteiger partial charge in [0.1, 0.15) is 0 Å². The number of nitrogen functional groups attached to an aromatic ring is 1. The first-order valence-electron chi connectivity index (χ1n) is 6.67. The smallest absolute Gasteiger partial charge is 0.256 e. The van der Waals surface area contributed by atoms with Gasteiger partial charge in [0.05, 0.1) is 17.9 Å². The number of hydrazine groups is 1. The maximum absolute atomic E-state index is 12.6. The van der Waals surface area contributed by atoms with E-state index < -0.39 is 0 Å². The molecule has 5 heteroatoms. The molecule has 0 unspecified atom stereocenters. The van der Waals surface area contributed by atoms with E-state index in [0.29, 0.717) is 17.8 Å². The van der Waals surface area contributed by atoms with Crippen LogP contribution >= 0.6 is 0 Å². The van der Waals surface area contributed by atoms with E-state index in [9.17, 15) is 4.79 Å². The minimum atomic E-state index is -0.101. The van der Waals surface area contributed by atoms with Crippen molar-refractivity contribution in [3.63, 3.8) is 0 Å². The third kappa shape index (κ3) is 3.68. The van der Waals surface area contributed by atoms with Crippen LogP contribution in [0.5, 0.6) is 0 Å². The predicted molar refractivity (Wildman–Crippen MR) is 76.7 cm³/mol. The van der Waals surface area contributed by atoms with Crippen molar-refractivity contribution in [1.82, 2.24) is 4.90 Å². The zero-order chi connectivity index (χ0) is 14.3. The summed E-state index contributed by atoms with van der Waals surface area (Å²) in [5.74, 6) is 5.33. The van der Waals surface area contributed by atoms with Gasteiger partial charge in [-0.05, 0) is 25.0 Å². The number of hydrogen-bond donors (Lipinski definition) is 3. The zero-order valence-electron chi connectivity index (χ0n) is 11.6. The summed E-state index contributed by atoms with van der Waals surface area (Å²) in [6, 6.07) is 7.25. The Morgan fingerprint density at radius 1 is 1.37 bits per heavy atom. The molecule has 0 saturated carbocycles. The third-order valence-electron chi connectivity index (χ3n) is 3.30. The fraction of sp³-hybridized carbons (Fsp3) is 0.500. The SMILES string of the molecule is CCC(CC)N(CCO)C(=O)c1ccccc1NN. The number of aliphatic hydroxyl groups is 1. The molecule has 0 aliphatic heterocycles. The van der Waals surface area contributed by atoms with Crippen LogP contribution in [0.2, 0.25) is 0 Å². The molecule has 1 aromatic rings. The molecule has 0 heterocycles. The van der Waals surface area contributed by atoms with Crippen molar-refractivity contribution in [2.45, 2.75) is 32.7 Å². The second kappa shape index (κ2) is 7.76. The summed E-state index contributed by atoms with van der Waals surface area (Å²) in [7, 11) is 0. The molecule has 1 rings (SSSR count). The lowest BCUT2D eigenvalue weighted by molar-refractivity contribution is 0.0623. The summed E-state index contributed by atoms with van der Waals surface area (Å²) in [6.45, 7) is 4.38. The van der Waals surface area contributed by atoms with E-state index in [1.807, 2.05) is 19.9 Å². The standard InChI is InChI=1S/C14H23N3O2/c1-3-11(4-2)17(9-10-18)14(19)12-7-5-6-8-13(12)16-15/h5-8,11,16,18H,3-4,9-10,15H2,1-2H3. The molecule has 0 aromatic heterocycles. The van der Waals surface area contributed by atoms with E-state index in [-0.39, 0.29) is 18.6 Å². The lowest BCUT2D eigenvalue weighted by Crippen LogP contribution is -2.42. The number of anilines is 1. The molecule has 106 valence electrons. The van der Waals surface area contributed by atoms with Crippen LogP contribution in [0.1, 0.15) is 37.0 Å². The molecule has 1 aromatic carbocycles. The molecule has 0 spiro atoms. The molecule has 4 N–H and O–H groups in total. The van der Waals surface area contributed by atoms with Crippen LogP contribution < -0.4 is 11.3 Å². The number of hydrogen-bond acceptors (Lipinski definition) is 4. The quantitative estimate of drug-likeness (QED) is 0.517. The number of carbonyl (C=O) groups excluding carboxylic acids is 1. The zero-order valence-corrected chi connectivity index (χ0v) is 11.6. The lowest BCUT2D eigenvalue weighted by atomic mass is 10.1. The van der Waals surface area contributed by atoms with Gasteiger partial charge in [-0.25, -0.2) is 0 Å². The average molecular weight is 265 g/mol. The monoisotopic (exact) mass is 265 g/mol. The second-order valence-electron chi connectivity index (χ2n) is 4.38. The van der Waals surface area contributed by atoms with Gasteiger partial charge in [0, 0.05) is 12.6 Å². The molecule has 0 atom stereocenters. The summed E-state index contributed by atoms with van der Waals surface area (Å²) in [5, 5.41) is 9.16. The topological polar surface area (TPSA) is 78.6 Å². The Labute approximate surface area is 114 Å². The van der Waals surface area contributed by atoms with E-state index in [4.69, 9.17) is 10.9 Å². The molecular formula is C14H23N3O2. The summed E-state index contributed by atoms with van der Waals surface area (Å²) in [5.41, 5.74) is 3.67. The van der Waals surface area contributed by atoms with Crippen LogP contribution in [0.3, 0.4) is 0 Å². The van der Waals surface area contributed by atoms with E-state index in [0.717, 1.165) is 12.8 Å². The molecule has 0 bridgehead atoms. The maximum Gasteiger partial charge on any atom is 0.256 e. The average Bonchev–Trinajstić information content (AvgIpc) is 2.46. The second-order valence-corrected chi connectivity index (χ2v) is 4.38. The van der Waals surface area contributed by atoms with Crippen LogP contribution in [0.4, 0.5) is 5.69 Å². The highest BCUT2D eigenvalue weighted by Gasteiger charge is 2.23. The van der Waals surface area contributed by atoms with Gasteiger partial charge in [-0.3, -0.25) is 10.6 Å². The van der Waals surface area contributed by atoms with Gasteiger partial charge in [0.25, 0.3) is 5.91 Å². The largest absolute Gasteiger partial charge is 0.395 e. The van der Waals surface area contributed by atoms with Crippen molar-refractivity contribution in [2.75, 3.05) is 18.6 Å². The van der Waals surface area contributed by atoms with Gasteiger partial charge >= 0.3 is 0 Å². The highest BCUT2D eigenvalue weighted by Crippen LogP contribution is 2.19. The van der Waals surface area contributed by atoms with Crippen LogP contribution in [0.15, 0.2) is 24.3 Å². The number of aliphatic hydroxyl groups excluding tert-OH is 1. The molecular weight excluding hydrogens is 242 g/mol. The normalized spacial score (nSPS) is 10.6. The number of nitrogens with one attached hydrogen (secondary N) is 1. The summed E-state index contributed by atoms with van der Waals surface area (Å²) in [4.78, 5) is 14.3. The predicted octanol–water partition coefficient (Wildman–Crippen LogP) is 1.60. The van der Waals surface area contributed by atoms with E-state index >= 15 is 0 Å². The Morgan fingerprint density at radius 3 is 2.53 bits per heavy atom. The van der Waals surface area contributed by atoms with Crippen LogP contribution in [0.25, 0.3) is 0 Å². The fourth-order valence-electron chi connectivity index (χ4n) is 2.24. The Morgan fingerprint density at radius 2 is 2.00 bits per heavy atom. The number of para-hydroxylation sites is 1. The lowest BCUT2D eigenvalue weighted by Gasteiger charge is -2.30. The Bertz CT molecular complexity index is 405. The fourth-order valence-corrected chi connectivity index (χ4v) is 2.24. The first-order valence-corrected chi connectivity index (χ1v) is 6.67. The number of benzene rings is 1. The number of nitrogens with zero attached hydrogens (tertiary/aromatic N) is 1. The molecule has 0 radical (unpaired) electrons. The molecule has 1 amide bonds. The van der Waals surface area contributed by atoms with Crippen molar-refractivity contribution in [1.29, 1.82) is 0 Å². The first-order chi connectivity index (χ1) is 9.19. The van der Waals surface area contributed by atoms with Gasteiger partial charge in [0.2, 0.25) is 0 Å². The summed E-state index contributed by atoms with van der Waals surface area (Å²) < 4.78 is 0. The van der Waals surface area contributed by atoms with Gasteiger partial charge in [0.15, 0.2) is 0 Å². The van der Waals surface area contributed by atoms with Crippen LogP contribution in [0, 0.1) is 0 Å². The van der Waals surface area contributed by atoms with Gasteiger partial charge < -0.3 is 15.4 Å². The molecule has 19 heavy (non-hydrogen) atoms. The van der Waals surface area contributed by atoms with Crippen LogP contribution in [-0.2, 0) is 0 Å². The van der Waals surface area contributed by atoms with Gasteiger partial charge in [-0.1, -0.05) is 26.0 Å². The van der Waals surface area contributed by atoms with E-state index in [2.05, 4.69) is 5.43 Å². The van der Waals surface area contributed by atoms with Gasteiger partial charge in [-0.2, -0.15) is 0 Å². The van der Waals surface area contributed by atoms with E-state index in [1.165, 1.54) is 0 Å². The summed E-state index contributed by atoms with van der Waals surface area (Å²) in [6.07, 6.45) is 1.72. The minimum Gasteiger partial charge on any atom is -0.395 e. The molecule has 0 aliphatic carbocycles. The summed E-state index contributed by atoms with van der Waals surface area (Å²) >= 11 is 0. The Balaban J connectivity index is 3.04. The number of rotatable bonds is 7. The van der Waals surface area contributed by atoms with Crippen molar-refractivity contribution in [2.24, 2.45) is 5.84 Å². The molecule has 0 fully saturated rings. The number of amides is 1. The molecule has 5 nitrogen and oxygen atoms in total. The highest BCUT2D eigenvalue weighted by atomic mass is 16.3. The minimum absolute atomic E-state index is 0.0412. The Kier molecular flexibility index (Phi) is 6.32.